The van der Waals surface area contributed by atoms with Gasteiger partial charge in [0.05, 0.1) is 0 Å². The average molecular weight is 251 g/mol. The van der Waals surface area contributed by atoms with Crippen molar-refractivity contribution < 1.29 is 9.18 Å². The molecule has 1 aromatic rings. The van der Waals surface area contributed by atoms with Crippen molar-refractivity contribution in [1.82, 2.24) is 0 Å². The molecule has 1 aromatic carbocycles. The average Bonchev–Trinajstić information content (AvgIpc) is 2.36. The molecule has 2 nitrogen and oxygen atoms in total. The van der Waals surface area contributed by atoms with Gasteiger partial charge in [-0.15, -0.1) is 0 Å². The number of halogens is 1. The maximum Gasteiger partial charge on any atom is 0.144 e. The normalized spacial score (nSPS) is 11.6. The molecular formula is C15H22FNO. The zero-order chi connectivity index (χ0) is 13.8. The Balaban J connectivity index is 2.93. The number of hydrogen-bond donors (Lipinski definition) is 1. The molecule has 18 heavy (non-hydrogen) atoms. The Bertz CT molecular complexity index is 416. The zero-order valence-corrected chi connectivity index (χ0v) is 11.4. The fourth-order valence-corrected chi connectivity index (χ4v) is 2.26. The Morgan fingerprint density at radius 2 is 1.94 bits per heavy atom. The first-order valence-electron chi connectivity index (χ1n) is 6.47. The minimum atomic E-state index is -0.430. The van der Waals surface area contributed by atoms with E-state index in [2.05, 4.69) is 0 Å². The number of aryl methyl sites for hydroxylation is 1. The summed E-state index contributed by atoms with van der Waals surface area (Å²) in [4.78, 5) is 12.4. The Labute approximate surface area is 108 Å². The topological polar surface area (TPSA) is 43.1 Å². The lowest BCUT2D eigenvalue weighted by Gasteiger charge is -2.28. The highest BCUT2D eigenvalue weighted by molar-refractivity contribution is 5.87. The quantitative estimate of drug-likeness (QED) is 0.844. The van der Waals surface area contributed by atoms with E-state index in [1.165, 1.54) is 12.1 Å². The molecule has 2 N–H and O–H groups in total. The third-order valence-corrected chi connectivity index (χ3v) is 3.99. The van der Waals surface area contributed by atoms with Gasteiger partial charge in [-0.05, 0) is 43.0 Å². The minimum absolute atomic E-state index is 0.157. The van der Waals surface area contributed by atoms with Crippen LogP contribution in [0.4, 0.5) is 4.39 Å². The van der Waals surface area contributed by atoms with Crippen LogP contribution in [0.25, 0.3) is 0 Å². The first-order valence-corrected chi connectivity index (χ1v) is 6.47. The molecule has 0 heterocycles. The van der Waals surface area contributed by atoms with E-state index in [9.17, 15) is 9.18 Å². The summed E-state index contributed by atoms with van der Waals surface area (Å²) in [6, 6.07) is 4.55. The van der Waals surface area contributed by atoms with Gasteiger partial charge in [-0.3, -0.25) is 4.79 Å². The maximum absolute atomic E-state index is 13.0. The third-order valence-electron chi connectivity index (χ3n) is 3.99. The maximum atomic E-state index is 13.0. The zero-order valence-electron chi connectivity index (χ0n) is 11.4. The van der Waals surface area contributed by atoms with Crippen LogP contribution in [0, 0.1) is 18.2 Å². The molecule has 0 saturated heterocycles. The number of Topliss-reactive ketones (excluding diaryl/α,β-unsaturated/α-hetero) is 1. The number of rotatable bonds is 6. The van der Waals surface area contributed by atoms with Crippen molar-refractivity contribution in [2.75, 3.05) is 6.54 Å². The van der Waals surface area contributed by atoms with Crippen LogP contribution in [0.2, 0.25) is 0 Å². The lowest BCUT2D eigenvalue weighted by molar-refractivity contribution is -0.128. The van der Waals surface area contributed by atoms with E-state index < -0.39 is 5.41 Å². The highest BCUT2D eigenvalue weighted by atomic mass is 19.1. The fraction of sp³-hybridized carbons (Fsp3) is 0.533. The number of carbonyl (C=O) groups excluding carboxylic acids is 1. The molecule has 100 valence electrons. The molecule has 0 saturated carbocycles. The summed E-state index contributed by atoms with van der Waals surface area (Å²) in [7, 11) is 0. The summed E-state index contributed by atoms with van der Waals surface area (Å²) in [5.41, 5.74) is 7.05. The van der Waals surface area contributed by atoms with Crippen molar-refractivity contribution in [3.8, 4) is 0 Å². The molecule has 0 radical (unpaired) electrons. The largest absolute Gasteiger partial charge is 0.329 e. The van der Waals surface area contributed by atoms with Crippen molar-refractivity contribution in [2.45, 2.75) is 40.0 Å². The van der Waals surface area contributed by atoms with Gasteiger partial charge in [-0.2, -0.15) is 0 Å². The summed E-state index contributed by atoms with van der Waals surface area (Å²) >= 11 is 0. The number of carbonyl (C=O) groups is 1. The van der Waals surface area contributed by atoms with Crippen LogP contribution in [0.15, 0.2) is 18.2 Å². The Morgan fingerprint density at radius 3 is 2.39 bits per heavy atom. The Kier molecular flexibility index (Phi) is 5.03. The molecule has 0 unspecified atom stereocenters. The lowest BCUT2D eigenvalue weighted by atomic mass is 9.76. The van der Waals surface area contributed by atoms with E-state index >= 15 is 0 Å². The molecule has 0 bridgehead atoms. The second-order valence-electron chi connectivity index (χ2n) is 4.86. The van der Waals surface area contributed by atoms with Crippen LogP contribution < -0.4 is 5.73 Å². The van der Waals surface area contributed by atoms with Gasteiger partial charge < -0.3 is 5.73 Å². The van der Waals surface area contributed by atoms with Gasteiger partial charge in [0.2, 0.25) is 0 Å². The molecule has 0 amide bonds. The summed E-state index contributed by atoms with van der Waals surface area (Å²) in [5, 5.41) is 0. The molecular weight excluding hydrogens is 229 g/mol. The molecule has 0 aliphatic carbocycles. The highest BCUT2D eigenvalue weighted by Gasteiger charge is 2.32. The first kappa shape index (κ1) is 14.8. The number of hydrogen-bond acceptors (Lipinski definition) is 2. The molecule has 0 spiro atoms. The molecule has 0 aliphatic heterocycles. The van der Waals surface area contributed by atoms with Gasteiger partial charge in [-0.1, -0.05) is 19.9 Å². The van der Waals surface area contributed by atoms with Crippen molar-refractivity contribution in [3.63, 3.8) is 0 Å². The molecule has 0 atom stereocenters. The van der Waals surface area contributed by atoms with Crippen LogP contribution in [0.5, 0.6) is 0 Å². The standard InChI is InChI=1S/C15H22FNO/c1-4-15(5-2,10-17)14(18)9-12-6-7-13(16)8-11(12)3/h6-8H,4-5,9-10,17H2,1-3H3. The van der Waals surface area contributed by atoms with E-state index in [1.807, 2.05) is 20.8 Å². The fourth-order valence-electron chi connectivity index (χ4n) is 2.26. The van der Waals surface area contributed by atoms with Crippen molar-refractivity contribution in [1.29, 1.82) is 0 Å². The van der Waals surface area contributed by atoms with Gasteiger partial charge >= 0.3 is 0 Å². The summed E-state index contributed by atoms with van der Waals surface area (Å²) in [5.74, 6) is -0.107. The molecule has 0 aliphatic rings. The van der Waals surface area contributed by atoms with Crippen molar-refractivity contribution in [3.05, 3.63) is 35.1 Å². The van der Waals surface area contributed by atoms with E-state index in [0.717, 1.165) is 24.0 Å². The highest BCUT2D eigenvalue weighted by Crippen LogP contribution is 2.28. The first-order chi connectivity index (χ1) is 8.49. The second-order valence-corrected chi connectivity index (χ2v) is 4.86. The van der Waals surface area contributed by atoms with Gasteiger partial charge in [0, 0.05) is 18.4 Å². The minimum Gasteiger partial charge on any atom is -0.329 e. The number of nitrogens with two attached hydrogens (primary N) is 1. The molecule has 3 heteroatoms. The predicted molar refractivity (Wildman–Crippen MR) is 71.9 cm³/mol. The van der Waals surface area contributed by atoms with Gasteiger partial charge in [0.1, 0.15) is 11.6 Å². The van der Waals surface area contributed by atoms with Crippen molar-refractivity contribution >= 4 is 5.78 Å². The SMILES string of the molecule is CCC(CC)(CN)C(=O)Cc1ccc(F)cc1C. The molecule has 0 aromatic heterocycles. The van der Waals surface area contributed by atoms with Gasteiger partial charge in [0.15, 0.2) is 0 Å². The Morgan fingerprint density at radius 1 is 1.33 bits per heavy atom. The molecule has 1 rings (SSSR count). The number of benzene rings is 1. The summed E-state index contributed by atoms with van der Waals surface area (Å²) in [6.07, 6.45) is 1.84. The van der Waals surface area contributed by atoms with Crippen LogP contribution >= 0.6 is 0 Å². The van der Waals surface area contributed by atoms with Gasteiger partial charge in [0.25, 0.3) is 0 Å². The summed E-state index contributed by atoms with van der Waals surface area (Å²) < 4.78 is 13.0. The predicted octanol–water partition coefficient (Wildman–Crippen LogP) is 3.01. The van der Waals surface area contributed by atoms with Crippen molar-refractivity contribution in [2.24, 2.45) is 11.1 Å². The van der Waals surface area contributed by atoms with Crippen LogP contribution in [-0.4, -0.2) is 12.3 Å². The Hall–Kier alpha value is -1.22. The van der Waals surface area contributed by atoms with Gasteiger partial charge in [-0.25, -0.2) is 4.39 Å². The van der Waals surface area contributed by atoms with Crippen LogP contribution in [0.1, 0.15) is 37.8 Å². The second kappa shape index (κ2) is 6.10. The number of ketones is 1. The van der Waals surface area contributed by atoms with Crippen LogP contribution in [-0.2, 0) is 11.2 Å². The van der Waals surface area contributed by atoms with E-state index in [-0.39, 0.29) is 11.6 Å². The van der Waals surface area contributed by atoms with E-state index in [0.29, 0.717) is 13.0 Å². The van der Waals surface area contributed by atoms with Crippen LogP contribution in [0.3, 0.4) is 0 Å². The van der Waals surface area contributed by atoms with E-state index in [1.54, 1.807) is 6.07 Å². The summed E-state index contributed by atoms with van der Waals surface area (Å²) in [6.45, 7) is 6.18. The lowest BCUT2D eigenvalue weighted by Crippen LogP contribution is -2.38. The smallest absolute Gasteiger partial charge is 0.144 e. The third kappa shape index (κ3) is 2.96. The molecule has 0 fully saturated rings. The monoisotopic (exact) mass is 251 g/mol. The van der Waals surface area contributed by atoms with E-state index in [4.69, 9.17) is 5.73 Å².